The topological polar surface area (TPSA) is 86.5 Å². The smallest absolute Gasteiger partial charge is 0.263 e. The SMILES string of the molecule is CCCOc1ccc(-c2nonc2NC(=O)COc2ccc(C(C)C)cc2)cc1. The molecule has 3 aromatic rings. The molecule has 0 bridgehead atoms. The molecule has 1 heterocycles. The molecule has 1 aromatic heterocycles. The number of ether oxygens (including phenoxy) is 2. The molecule has 0 saturated carbocycles. The third-order valence-corrected chi connectivity index (χ3v) is 4.26. The Hall–Kier alpha value is -3.35. The Bertz CT molecular complexity index is 918. The van der Waals surface area contributed by atoms with E-state index in [1.165, 1.54) is 5.56 Å². The van der Waals surface area contributed by atoms with Crippen molar-refractivity contribution in [2.24, 2.45) is 0 Å². The van der Waals surface area contributed by atoms with Crippen LogP contribution in [0.1, 0.15) is 38.7 Å². The number of hydrogen-bond acceptors (Lipinski definition) is 6. The van der Waals surface area contributed by atoms with Crippen LogP contribution in [0.25, 0.3) is 11.3 Å². The summed E-state index contributed by atoms with van der Waals surface area (Å²) >= 11 is 0. The zero-order valence-electron chi connectivity index (χ0n) is 16.8. The highest BCUT2D eigenvalue weighted by molar-refractivity contribution is 5.94. The summed E-state index contributed by atoms with van der Waals surface area (Å²) in [6, 6.07) is 15.1. The van der Waals surface area contributed by atoms with E-state index >= 15 is 0 Å². The normalized spacial score (nSPS) is 10.8. The van der Waals surface area contributed by atoms with Gasteiger partial charge in [0.2, 0.25) is 5.82 Å². The van der Waals surface area contributed by atoms with Gasteiger partial charge in [0, 0.05) is 5.56 Å². The lowest BCUT2D eigenvalue weighted by Crippen LogP contribution is -2.20. The zero-order chi connectivity index (χ0) is 20.6. The minimum atomic E-state index is -0.349. The molecule has 0 saturated heterocycles. The van der Waals surface area contributed by atoms with E-state index in [1.54, 1.807) is 0 Å². The monoisotopic (exact) mass is 395 g/mol. The van der Waals surface area contributed by atoms with E-state index in [9.17, 15) is 4.79 Å². The maximum atomic E-state index is 12.2. The fourth-order valence-corrected chi connectivity index (χ4v) is 2.65. The zero-order valence-corrected chi connectivity index (χ0v) is 16.8. The second-order valence-electron chi connectivity index (χ2n) is 6.89. The van der Waals surface area contributed by atoms with Crippen molar-refractivity contribution in [3.8, 4) is 22.8 Å². The average molecular weight is 395 g/mol. The number of nitrogens with one attached hydrogen (secondary N) is 1. The van der Waals surface area contributed by atoms with E-state index in [4.69, 9.17) is 14.1 Å². The molecule has 0 atom stereocenters. The highest BCUT2D eigenvalue weighted by Gasteiger charge is 2.15. The number of benzene rings is 2. The van der Waals surface area contributed by atoms with Crippen LogP contribution in [0.3, 0.4) is 0 Å². The number of anilines is 1. The fourth-order valence-electron chi connectivity index (χ4n) is 2.65. The van der Waals surface area contributed by atoms with Crippen molar-refractivity contribution in [1.82, 2.24) is 10.3 Å². The minimum absolute atomic E-state index is 0.142. The molecule has 1 amide bonds. The van der Waals surface area contributed by atoms with Gasteiger partial charge in [0.05, 0.1) is 6.61 Å². The Morgan fingerprint density at radius 1 is 1.00 bits per heavy atom. The van der Waals surface area contributed by atoms with Crippen molar-refractivity contribution < 1.29 is 18.9 Å². The van der Waals surface area contributed by atoms with Crippen molar-refractivity contribution in [2.75, 3.05) is 18.5 Å². The molecule has 0 spiro atoms. The number of carbonyl (C=O) groups is 1. The summed E-state index contributed by atoms with van der Waals surface area (Å²) in [5.74, 6) is 1.74. The van der Waals surface area contributed by atoms with Crippen molar-refractivity contribution in [1.29, 1.82) is 0 Å². The van der Waals surface area contributed by atoms with Crippen LogP contribution in [0.4, 0.5) is 5.82 Å². The number of carbonyl (C=O) groups excluding carboxylic acids is 1. The summed E-state index contributed by atoms with van der Waals surface area (Å²) in [7, 11) is 0. The number of rotatable bonds is 9. The third-order valence-electron chi connectivity index (χ3n) is 4.26. The van der Waals surface area contributed by atoms with Crippen LogP contribution in [0, 0.1) is 0 Å². The molecule has 7 nitrogen and oxygen atoms in total. The predicted octanol–water partition coefficient (Wildman–Crippen LogP) is 4.67. The van der Waals surface area contributed by atoms with Gasteiger partial charge >= 0.3 is 0 Å². The molecular weight excluding hydrogens is 370 g/mol. The molecule has 152 valence electrons. The first-order chi connectivity index (χ1) is 14.1. The molecule has 0 aliphatic carbocycles. The summed E-state index contributed by atoms with van der Waals surface area (Å²) in [6.45, 7) is 6.81. The van der Waals surface area contributed by atoms with Gasteiger partial charge in [-0.25, -0.2) is 4.63 Å². The second-order valence-corrected chi connectivity index (χ2v) is 6.89. The third kappa shape index (κ3) is 5.57. The van der Waals surface area contributed by atoms with Crippen molar-refractivity contribution in [2.45, 2.75) is 33.1 Å². The van der Waals surface area contributed by atoms with Crippen LogP contribution in [-0.2, 0) is 4.79 Å². The van der Waals surface area contributed by atoms with Crippen LogP contribution >= 0.6 is 0 Å². The number of hydrogen-bond donors (Lipinski definition) is 1. The van der Waals surface area contributed by atoms with Crippen molar-refractivity contribution in [3.63, 3.8) is 0 Å². The molecule has 7 heteroatoms. The van der Waals surface area contributed by atoms with Crippen LogP contribution < -0.4 is 14.8 Å². The van der Waals surface area contributed by atoms with Crippen LogP contribution in [0.15, 0.2) is 53.2 Å². The number of aromatic nitrogens is 2. The quantitative estimate of drug-likeness (QED) is 0.567. The van der Waals surface area contributed by atoms with Gasteiger partial charge in [-0.3, -0.25) is 4.79 Å². The lowest BCUT2D eigenvalue weighted by atomic mass is 10.0. The molecule has 3 rings (SSSR count). The standard InChI is InChI=1S/C22H25N3O4/c1-4-13-27-18-11-7-17(8-12-18)21-22(25-29-24-21)23-20(26)14-28-19-9-5-16(6-10-19)15(2)3/h5-12,15H,4,13-14H2,1-3H3,(H,23,25,26). The summed E-state index contributed by atoms with van der Waals surface area (Å²) in [5.41, 5.74) is 2.42. The van der Waals surface area contributed by atoms with Gasteiger partial charge in [0.1, 0.15) is 11.5 Å². The van der Waals surface area contributed by atoms with Gasteiger partial charge in [-0.05, 0) is 64.6 Å². The highest BCUT2D eigenvalue weighted by atomic mass is 16.6. The first-order valence-electron chi connectivity index (χ1n) is 9.65. The molecular formula is C22H25N3O4. The first kappa shape index (κ1) is 20.4. The van der Waals surface area contributed by atoms with Crippen LogP contribution in [0.2, 0.25) is 0 Å². The van der Waals surface area contributed by atoms with Gasteiger partial charge in [-0.1, -0.05) is 32.9 Å². The molecule has 1 N–H and O–H groups in total. The Labute approximate surface area is 170 Å². The van der Waals surface area contributed by atoms with Gasteiger partial charge in [-0.15, -0.1) is 0 Å². The summed E-state index contributed by atoms with van der Waals surface area (Å²) in [6.07, 6.45) is 0.940. The number of nitrogens with zero attached hydrogens (tertiary/aromatic N) is 2. The summed E-state index contributed by atoms with van der Waals surface area (Å²) in [5, 5.41) is 10.4. The number of amides is 1. The van der Waals surface area contributed by atoms with Crippen LogP contribution in [0.5, 0.6) is 11.5 Å². The molecule has 0 aliphatic rings. The Morgan fingerprint density at radius 3 is 2.31 bits per heavy atom. The van der Waals surface area contributed by atoms with E-state index in [2.05, 4.69) is 36.4 Å². The van der Waals surface area contributed by atoms with Gasteiger partial charge in [-0.2, -0.15) is 0 Å². The lowest BCUT2D eigenvalue weighted by molar-refractivity contribution is -0.118. The minimum Gasteiger partial charge on any atom is -0.494 e. The Kier molecular flexibility index (Phi) is 6.84. The average Bonchev–Trinajstić information content (AvgIpc) is 3.19. The lowest BCUT2D eigenvalue weighted by Gasteiger charge is -2.09. The summed E-state index contributed by atoms with van der Waals surface area (Å²) < 4.78 is 15.9. The maximum Gasteiger partial charge on any atom is 0.263 e. The van der Waals surface area contributed by atoms with Crippen LogP contribution in [-0.4, -0.2) is 29.4 Å². The van der Waals surface area contributed by atoms with Crippen molar-refractivity contribution >= 4 is 11.7 Å². The molecule has 0 unspecified atom stereocenters. The second kappa shape index (κ2) is 9.73. The molecule has 0 fully saturated rings. The highest BCUT2D eigenvalue weighted by Crippen LogP contribution is 2.26. The molecule has 29 heavy (non-hydrogen) atoms. The fraction of sp³-hybridized carbons (Fsp3) is 0.318. The van der Waals surface area contributed by atoms with E-state index in [0.29, 0.717) is 24.0 Å². The Morgan fingerprint density at radius 2 is 1.66 bits per heavy atom. The van der Waals surface area contributed by atoms with E-state index in [-0.39, 0.29) is 18.3 Å². The van der Waals surface area contributed by atoms with Gasteiger partial charge in [0.25, 0.3) is 5.91 Å². The predicted molar refractivity (Wildman–Crippen MR) is 110 cm³/mol. The van der Waals surface area contributed by atoms with E-state index in [1.807, 2.05) is 48.5 Å². The summed E-state index contributed by atoms with van der Waals surface area (Å²) in [4.78, 5) is 12.2. The van der Waals surface area contributed by atoms with E-state index < -0.39 is 0 Å². The van der Waals surface area contributed by atoms with Gasteiger partial charge in [0.15, 0.2) is 12.3 Å². The van der Waals surface area contributed by atoms with Crippen molar-refractivity contribution in [3.05, 3.63) is 54.1 Å². The molecule has 0 aliphatic heterocycles. The Balaban J connectivity index is 1.58. The van der Waals surface area contributed by atoms with Gasteiger partial charge < -0.3 is 14.8 Å². The first-order valence-corrected chi connectivity index (χ1v) is 9.65. The largest absolute Gasteiger partial charge is 0.494 e. The maximum absolute atomic E-state index is 12.2. The molecule has 0 radical (unpaired) electrons. The van der Waals surface area contributed by atoms with E-state index in [0.717, 1.165) is 17.7 Å². The molecule has 2 aromatic carbocycles.